The second kappa shape index (κ2) is 8.88. The maximum absolute atomic E-state index is 10.3. The Hall–Kier alpha value is -4.76. The summed E-state index contributed by atoms with van der Waals surface area (Å²) in [5.74, 6) is 0.255. The largest absolute Gasteiger partial charge is 0.508 e. The van der Waals surface area contributed by atoms with Crippen molar-refractivity contribution in [2.45, 2.75) is 0 Å². The molecule has 0 bridgehead atoms. The quantitative estimate of drug-likeness (QED) is 0.274. The third-order valence-electron chi connectivity index (χ3n) is 6.27. The molecule has 168 valence electrons. The molecule has 0 spiro atoms. The van der Waals surface area contributed by atoms with E-state index in [0.29, 0.717) is 0 Å². The number of anilines is 5. The summed E-state index contributed by atoms with van der Waals surface area (Å²) in [6, 6.07) is 45.2. The number of fused-ring (bicyclic) bond motifs is 2. The van der Waals surface area contributed by atoms with E-state index < -0.39 is 0 Å². The van der Waals surface area contributed by atoms with Gasteiger partial charge in [0.25, 0.3) is 0 Å². The number of hydrogen-bond donors (Lipinski definition) is 2. The minimum atomic E-state index is 0.255. The van der Waals surface area contributed by atoms with Crippen LogP contribution in [0.4, 0.5) is 28.4 Å². The average Bonchev–Trinajstić information content (AvgIpc) is 2.91. The fourth-order valence-corrected chi connectivity index (χ4v) is 4.63. The average molecular weight is 453 g/mol. The third kappa shape index (κ3) is 4.04. The molecule has 2 N–H and O–H groups in total. The molecule has 0 aromatic heterocycles. The van der Waals surface area contributed by atoms with Crippen LogP contribution < -0.4 is 10.2 Å². The lowest BCUT2D eigenvalue weighted by atomic mass is 10.0. The summed E-state index contributed by atoms with van der Waals surface area (Å²) in [4.78, 5) is 2.25. The molecule has 0 saturated carbocycles. The van der Waals surface area contributed by atoms with E-state index in [1.807, 2.05) is 48.5 Å². The van der Waals surface area contributed by atoms with Crippen LogP contribution >= 0.6 is 0 Å². The van der Waals surface area contributed by atoms with E-state index in [0.717, 1.165) is 44.6 Å². The van der Waals surface area contributed by atoms with Gasteiger partial charge >= 0.3 is 0 Å². The summed E-state index contributed by atoms with van der Waals surface area (Å²) in [6.45, 7) is 0. The summed E-state index contributed by atoms with van der Waals surface area (Å²) in [5.41, 5.74) is 5.21. The first kappa shape index (κ1) is 20.8. The lowest BCUT2D eigenvalue weighted by Crippen LogP contribution is -2.10. The van der Waals surface area contributed by atoms with Gasteiger partial charge in [-0.05, 0) is 71.4 Å². The van der Waals surface area contributed by atoms with Gasteiger partial charge in [-0.1, -0.05) is 72.8 Å². The van der Waals surface area contributed by atoms with E-state index >= 15 is 0 Å². The molecule has 0 amide bonds. The number of nitrogens with zero attached hydrogens (tertiary/aromatic N) is 1. The second-order valence-electron chi connectivity index (χ2n) is 8.56. The Morgan fingerprint density at radius 2 is 1.20 bits per heavy atom. The minimum absolute atomic E-state index is 0.255. The standard InChI is InChI=1S/C32H24N2O/c35-28-20-18-24-10-8-16-32(30(24)22-28)34(26-13-5-2-6-14-26)27-19-17-23-9-7-15-31(29(23)21-27)33-25-11-3-1-4-12-25/h1-22,33,35H. The van der Waals surface area contributed by atoms with Crippen LogP contribution in [-0.4, -0.2) is 5.11 Å². The van der Waals surface area contributed by atoms with Crippen LogP contribution in [0, 0.1) is 0 Å². The van der Waals surface area contributed by atoms with Crippen molar-refractivity contribution in [2.24, 2.45) is 0 Å². The molecule has 0 aliphatic rings. The molecule has 0 fully saturated rings. The van der Waals surface area contributed by atoms with E-state index in [-0.39, 0.29) is 5.75 Å². The Morgan fingerprint density at radius 3 is 2.00 bits per heavy atom. The normalized spacial score (nSPS) is 11.0. The van der Waals surface area contributed by atoms with Crippen molar-refractivity contribution < 1.29 is 5.11 Å². The molecule has 35 heavy (non-hydrogen) atoms. The van der Waals surface area contributed by atoms with Crippen LogP contribution in [0.15, 0.2) is 133 Å². The molecule has 6 rings (SSSR count). The Morgan fingerprint density at radius 1 is 0.514 bits per heavy atom. The van der Waals surface area contributed by atoms with Gasteiger partial charge in [-0.25, -0.2) is 0 Å². The van der Waals surface area contributed by atoms with Crippen molar-refractivity contribution >= 4 is 50.0 Å². The number of benzene rings is 6. The number of nitrogens with one attached hydrogen (secondary N) is 1. The van der Waals surface area contributed by atoms with Gasteiger partial charge in [-0.2, -0.15) is 0 Å². The molecule has 3 nitrogen and oxygen atoms in total. The summed E-state index contributed by atoms with van der Waals surface area (Å²) < 4.78 is 0. The van der Waals surface area contributed by atoms with Gasteiger partial charge in [-0.15, -0.1) is 0 Å². The number of rotatable bonds is 5. The van der Waals surface area contributed by atoms with Crippen molar-refractivity contribution in [2.75, 3.05) is 10.2 Å². The number of para-hydroxylation sites is 2. The topological polar surface area (TPSA) is 35.5 Å². The fraction of sp³-hybridized carbons (Fsp3) is 0. The minimum Gasteiger partial charge on any atom is -0.508 e. The summed E-state index contributed by atoms with van der Waals surface area (Å²) in [7, 11) is 0. The molecule has 0 radical (unpaired) electrons. The van der Waals surface area contributed by atoms with E-state index in [2.05, 4.69) is 89.1 Å². The molecule has 0 aliphatic carbocycles. The molecule has 3 heteroatoms. The van der Waals surface area contributed by atoms with Crippen molar-refractivity contribution in [3.05, 3.63) is 133 Å². The zero-order valence-electron chi connectivity index (χ0n) is 19.1. The number of hydrogen-bond acceptors (Lipinski definition) is 3. The summed E-state index contributed by atoms with van der Waals surface area (Å²) >= 11 is 0. The highest BCUT2D eigenvalue weighted by Gasteiger charge is 2.16. The molecular weight excluding hydrogens is 428 g/mol. The lowest BCUT2D eigenvalue weighted by molar-refractivity contribution is 0.476. The molecule has 0 saturated heterocycles. The maximum atomic E-state index is 10.3. The van der Waals surface area contributed by atoms with Gasteiger partial charge in [0.1, 0.15) is 5.75 Å². The van der Waals surface area contributed by atoms with Crippen LogP contribution in [-0.2, 0) is 0 Å². The Kier molecular flexibility index (Phi) is 5.28. The predicted octanol–water partition coefficient (Wildman–Crippen LogP) is 8.91. The van der Waals surface area contributed by atoms with Crippen LogP contribution in [0.3, 0.4) is 0 Å². The van der Waals surface area contributed by atoms with Crippen LogP contribution in [0.25, 0.3) is 21.5 Å². The van der Waals surface area contributed by atoms with Gasteiger partial charge in [0, 0.05) is 33.5 Å². The molecule has 0 unspecified atom stereocenters. The molecule has 0 aliphatic heterocycles. The molecular formula is C32H24N2O. The van der Waals surface area contributed by atoms with E-state index in [1.165, 1.54) is 5.39 Å². The first-order valence-corrected chi connectivity index (χ1v) is 11.7. The number of phenols is 1. The first-order valence-electron chi connectivity index (χ1n) is 11.7. The zero-order valence-corrected chi connectivity index (χ0v) is 19.1. The zero-order chi connectivity index (χ0) is 23.6. The highest BCUT2D eigenvalue weighted by Crippen LogP contribution is 2.41. The van der Waals surface area contributed by atoms with Gasteiger partial charge in [0.2, 0.25) is 0 Å². The van der Waals surface area contributed by atoms with Gasteiger partial charge in [0.15, 0.2) is 0 Å². The smallest absolute Gasteiger partial charge is 0.116 e. The molecule has 6 aromatic rings. The number of phenolic OH excluding ortho intramolecular Hbond substituents is 1. The Balaban J connectivity index is 1.56. The van der Waals surface area contributed by atoms with Crippen molar-refractivity contribution in [3.63, 3.8) is 0 Å². The molecule has 0 heterocycles. The van der Waals surface area contributed by atoms with Crippen LogP contribution in [0.2, 0.25) is 0 Å². The van der Waals surface area contributed by atoms with E-state index in [1.54, 1.807) is 6.07 Å². The number of aromatic hydroxyl groups is 1. The SMILES string of the molecule is Oc1ccc2cccc(N(c3ccccc3)c3ccc4cccc(Nc5ccccc5)c4c3)c2c1. The Labute approximate surface area is 204 Å². The van der Waals surface area contributed by atoms with Gasteiger partial charge in [-0.3, -0.25) is 0 Å². The van der Waals surface area contributed by atoms with Crippen LogP contribution in [0.5, 0.6) is 5.75 Å². The maximum Gasteiger partial charge on any atom is 0.116 e. The van der Waals surface area contributed by atoms with Crippen LogP contribution in [0.1, 0.15) is 0 Å². The van der Waals surface area contributed by atoms with Crippen molar-refractivity contribution in [1.29, 1.82) is 0 Å². The highest BCUT2D eigenvalue weighted by molar-refractivity contribution is 6.02. The highest BCUT2D eigenvalue weighted by atomic mass is 16.3. The van der Waals surface area contributed by atoms with E-state index in [4.69, 9.17) is 0 Å². The summed E-state index contributed by atoms with van der Waals surface area (Å²) in [6.07, 6.45) is 0. The monoisotopic (exact) mass is 452 g/mol. The second-order valence-corrected chi connectivity index (χ2v) is 8.56. The summed E-state index contributed by atoms with van der Waals surface area (Å²) in [5, 5.41) is 18.2. The molecule has 6 aromatic carbocycles. The fourth-order valence-electron chi connectivity index (χ4n) is 4.63. The Bertz CT molecular complexity index is 1630. The van der Waals surface area contributed by atoms with Crippen molar-refractivity contribution in [3.8, 4) is 5.75 Å². The van der Waals surface area contributed by atoms with Gasteiger partial charge in [0.05, 0.1) is 5.69 Å². The third-order valence-corrected chi connectivity index (χ3v) is 6.27. The molecule has 0 atom stereocenters. The van der Waals surface area contributed by atoms with E-state index in [9.17, 15) is 5.11 Å². The predicted molar refractivity (Wildman–Crippen MR) is 148 cm³/mol. The lowest BCUT2D eigenvalue weighted by Gasteiger charge is -2.27. The first-order chi connectivity index (χ1) is 17.3. The van der Waals surface area contributed by atoms with Gasteiger partial charge < -0.3 is 15.3 Å². The van der Waals surface area contributed by atoms with Crippen molar-refractivity contribution in [1.82, 2.24) is 0 Å².